The van der Waals surface area contributed by atoms with Crippen molar-refractivity contribution < 1.29 is 9.13 Å². The summed E-state index contributed by atoms with van der Waals surface area (Å²) >= 11 is 0. The van der Waals surface area contributed by atoms with Gasteiger partial charge in [-0.3, -0.25) is 0 Å². The lowest BCUT2D eigenvalue weighted by Gasteiger charge is -1.98. The Bertz CT molecular complexity index is 981. The number of ether oxygens (including phenoxy) is 1. The van der Waals surface area contributed by atoms with E-state index in [0.29, 0.717) is 11.1 Å². The van der Waals surface area contributed by atoms with Crippen LogP contribution in [-0.4, -0.2) is 7.11 Å². The molecule has 120 valence electrons. The van der Waals surface area contributed by atoms with E-state index in [1.165, 1.54) is 6.07 Å². The first-order valence-corrected chi connectivity index (χ1v) is 7.77. The van der Waals surface area contributed by atoms with Gasteiger partial charge >= 0.3 is 0 Å². The zero-order valence-corrected chi connectivity index (χ0v) is 13.7. The van der Waals surface area contributed by atoms with E-state index in [4.69, 9.17) is 4.74 Å². The summed E-state index contributed by atoms with van der Waals surface area (Å²) in [5.41, 5.74) is 2.66. The molecule has 0 amide bonds. The van der Waals surface area contributed by atoms with Crippen molar-refractivity contribution in [2.75, 3.05) is 7.11 Å². The quantitative estimate of drug-likeness (QED) is 0.592. The molecule has 0 radical (unpaired) electrons. The van der Waals surface area contributed by atoms with Gasteiger partial charge in [-0.2, -0.15) is 0 Å². The molecule has 0 aromatic heterocycles. The minimum Gasteiger partial charge on any atom is -0.497 e. The molecule has 0 N–H and O–H groups in total. The standard InChI is InChI=1S/C23H15FO/c1-25-22-15-11-19(12-16-22)9-13-21-14-10-20(17-23(21)24)8-7-18-5-3-2-4-6-18/h2-6,10-12,14-17H,1H3. The van der Waals surface area contributed by atoms with Gasteiger partial charge in [0.15, 0.2) is 0 Å². The Balaban J connectivity index is 1.79. The van der Waals surface area contributed by atoms with E-state index < -0.39 is 0 Å². The summed E-state index contributed by atoms with van der Waals surface area (Å²) in [6.07, 6.45) is 0. The van der Waals surface area contributed by atoms with Gasteiger partial charge in [0.2, 0.25) is 0 Å². The number of benzene rings is 3. The normalized spacial score (nSPS) is 9.36. The molecule has 0 fully saturated rings. The van der Waals surface area contributed by atoms with Crippen molar-refractivity contribution in [1.29, 1.82) is 0 Å². The fraction of sp³-hybridized carbons (Fsp3) is 0.0435. The Morgan fingerprint density at radius 3 is 1.96 bits per heavy atom. The Hall–Kier alpha value is -3.49. The predicted molar refractivity (Wildman–Crippen MR) is 97.8 cm³/mol. The molecule has 0 heterocycles. The van der Waals surface area contributed by atoms with E-state index in [0.717, 1.165) is 16.9 Å². The molecular weight excluding hydrogens is 311 g/mol. The first-order chi connectivity index (χ1) is 12.2. The van der Waals surface area contributed by atoms with Crippen molar-refractivity contribution in [3.63, 3.8) is 0 Å². The lowest BCUT2D eigenvalue weighted by atomic mass is 10.1. The first kappa shape index (κ1) is 16.4. The van der Waals surface area contributed by atoms with Gasteiger partial charge in [-0.05, 0) is 54.6 Å². The van der Waals surface area contributed by atoms with Gasteiger partial charge in [0.1, 0.15) is 11.6 Å². The zero-order valence-electron chi connectivity index (χ0n) is 13.7. The third-order valence-electron chi connectivity index (χ3n) is 3.53. The highest BCUT2D eigenvalue weighted by atomic mass is 19.1. The fourth-order valence-corrected chi connectivity index (χ4v) is 2.17. The van der Waals surface area contributed by atoms with Crippen LogP contribution in [0, 0.1) is 29.5 Å². The molecule has 0 atom stereocenters. The van der Waals surface area contributed by atoms with E-state index in [-0.39, 0.29) is 5.82 Å². The lowest BCUT2D eigenvalue weighted by molar-refractivity contribution is 0.415. The molecule has 3 aromatic carbocycles. The Morgan fingerprint density at radius 1 is 0.680 bits per heavy atom. The summed E-state index contributed by atoms with van der Waals surface area (Å²) in [4.78, 5) is 0. The number of rotatable bonds is 1. The average Bonchev–Trinajstić information content (AvgIpc) is 2.67. The molecule has 0 aliphatic heterocycles. The first-order valence-electron chi connectivity index (χ1n) is 7.77. The molecule has 0 bridgehead atoms. The van der Waals surface area contributed by atoms with E-state index in [9.17, 15) is 4.39 Å². The van der Waals surface area contributed by atoms with Crippen LogP contribution < -0.4 is 4.74 Å². The second kappa shape index (κ2) is 7.86. The van der Waals surface area contributed by atoms with Crippen molar-refractivity contribution in [2.45, 2.75) is 0 Å². The topological polar surface area (TPSA) is 9.23 Å². The van der Waals surface area contributed by atoms with Crippen molar-refractivity contribution in [2.24, 2.45) is 0 Å². The maximum Gasteiger partial charge on any atom is 0.140 e. The number of hydrogen-bond donors (Lipinski definition) is 0. The Kier molecular flexibility index (Phi) is 5.15. The molecule has 3 aromatic rings. The van der Waals surface area contributed by atoms with Crippen LogP contribution in [0.15, 0.2) is 72.8 Å². The monoisotopic (exact) mass is 326 g/mol. The highest BCUT2D eigenvalue weighted by molar-refractivity contribution is 5.49. The molecule has 0 aliphatic carbocycles. The fourth-order valence-electron chi connectivity index (χ4n) is 2.17. The SMILES string of the molecule is COc1ccc(C#Cc2ccc(C#Cc3ccccc3)cc2F)cc1. The van der Waals surface area contributed by atoms with E-state index in [2.05, 4.69) is 23.7 Å². The van der Waals surface area contributed by atoms with Gasteiger partial charge in [-0.15, -0.1) is 0 Å². The van der Waals surface area contributed by atoms with Gasteiger partial charge in [0.05, 0.1) is 12.7 Å². The highest BCUT2D eigenvalue weighted by Gasteiger charge is 2.00. The third-order valence-corrected chi connectivity index (χ3v) is 3.53. The highest BCUT2D eigenvalue weighted by Crippen LogP contribution is 2.12. The molecular formula is C23H15FO. The van der Waals surface area contributed by atoms with E-state index in [1.54, 1.807) is 19.2 Å². The van der Waals surface area contributed by atoms with Crippen LogP contribution in [0.25, 0.3) is 0 Å². The summed E-state index contributed by atoms with van der Waals surface area (Å²) < 4.78 is 19.3. The average molecular weight is 326 g/mol. The van der Waals surface area contributed by atoms with Crippen LogP contribution >= 0.6 is 0 Å². The molecule has 25 heavy (non-hydrogen) atoms. The predicted octanol–water partition coefficient (Wildman–Crippen LogP) is 4.63. The van der Waals surface area contributed by atoms with Crippen LogP contribution in [0.5, 0.6) is 5.75 Å². The number of hydrogen-bond acceptors (Lipinski definition) is 1. The maximum atomic E-state index is 14.2. The largest absolute Gasteiger partial charge is 0.497 e. The minimum atomic E-state index is -0.374. The van der Waals surface area contributed by atoms with Gasteiger partial charge < -0.3 is 4.74 Å². The van der Waals surface area contributed by atoms with Gasteiger partial charge in [-0.25, -0.2) is 4.39 Å². The summed E-state index contributed by atoms with van der Waals surface area (Å²) in [6, 6.07) is 21.8. The summed E-state index contributed by atoms with van der Waals surface area (Å²) in [5, 5.41) is 0. The van der Waals surface area contributed by atoms with Gasteiger partial charge in [-0.1, -0.05) is 41.9 Å². The lowest BCUT2D eigenvalue weighted by Crippen LogP contribution is -1.86. The second-order valence-corrected chi connectivity index (χ2v) is 5.29. The van der Waals surface area contributed by atoms with Gasteiger partial charge in [0, 0.05) is 16.7 Å². The van der Waals surface area contributed by atoms with Crippen LogP contribution in [0.1, 0.15) is 22.3 Å². The van der Waals surface area contributed by atoms with Gasteiger partial charge in [0.25, 0.3) is 0 Å². The van der Waals surface area contributed by atoms with Crippen LogP contribution in [0.2, 0.25) is 0 Å². The molecule has 0 spiro atoms. The summed E-state index contributed by atoms with van der Waals surface area (Å²) in [7, 11) is 1.61. The molecule has 0 unspecified atom stereocenters. The van der Waals surface area contributed by atoms with Crippen LogP contribution in [0.3, 0.4) is 0 Å². The molecule has 3 rings (SSSR count). The molecule has 0 aliphatic rings. The second-order valence-electron chi connectivity index (χ2n) is 5.29. The van der Waals surface area contributed by atoms with Crippen molar-refractivity contribution >= 4 is 0 Å². The van der Waals surface area contributed by atoms with Crippen LogP contribution in [0.4, 0.5) is 4.39 Å². The Labute approximate surface area is 147 Å². The van der Waals surface area contributed by atoms with E-state index in [1.807, 2.05) is 54.6 Å². The van der Waals surface area contributed by atoms with Crippen molar-refractivity contribution in [1.82, 2.24) is 0 Å². The van der Waals surface area contributed by atoms with Crippen LogP contribution in [-0.2, 0) is 0 Å². The summed E-state index contributed by atoms with van der Waals surface area (Å²) in [5.74, 6) is 12.2. The zero-order chi connectivity index (χ0) is 17.5. The van der Waals surface area contributed by atoms with Crippen molar-refractivity contribution in [3.05, 3.63) is 101 Å². The number of methoxy groups -OCH3 is 1. The summed E-state index contributed by atoms with van der Waals surface area (Å²) in [6.45, 7) is 0. The molecule has 0 saturated heterocycles. The smallest absolute Gasteiger partial charge is 0.140 e. The molecule has 2 heteroatoms. The number of halogens is 1. The Morgan fingerprint density at radius 2 is 1.28 bits per heavy atom. The molecule has 1 nitrogen and oxygen atoms in total. The van der Waals surface area contributed by atoms with E-state index >= 15 is 0 Å². The maximum absolute atomic E-state index is 14.2. The minimum absolute atomic E-state index is 0.348. The van der Waals surface area contributed by atoms with Crippen molar-refractivity contribution in [3.8, 4) is 29.4 Å². The third kappa shape index (κ3) is 4.50. The molecule has 0 saturated carbocycles.